The predicted octanol–water partition coefficient (Wildman–Crippen LogP) is 2.45. The van der Waals surface area contributed by atoms with Crippen LogP contribution < -0.4 is 5.32 Å². The van der Waals surface area contributed by atoms with E-state index >= 15 is 0 Å². The second-order valence-corrected chi connectivity index (χ2v) is 4.92. The first-order chi connectivity index (χ1) is 6.43. The smallest absolute Gasteiger partial charge is 0.110 e. The van der Waals surface area contributed by atoms with Crippen molar-refractivity contribution in [1.29, 1.82) is 0 Å². The van der Waals surface area contributed by atoms with Gasteiger partial charge in [-0.05, 0) is 32.2 Å². The van der Waals surface area contributed by atoms with Gasteiger partial charge in [-0.15, -0.1) is 11.3 Å². The summed E-state index contributed by atoms with van der Waals surface area (Å²) >= 11 is 1.84. The number of hydrogen-bond donors (Lipinski definition) is 1. The summed E-state index contributed by atoms with van der Waals surface area (Å²) < 4.78 is 0. The monoisotopic (exact) mass is 194 g/mol. The Hall–Kier alpha value is -0.410. The molecule has 3 heteroatoms. The average molecular weight is 194 g/mol. The zero-order valence-corrected chi connectivity index (χ0v) is 8.44. The quantitative estimate of drug-likeness (QED) is 0.782. The van der Waals surface area contributed by atoms with E-state index in [1.807, 2.05) is 11.3 Å². The van der Waals surface area contributed by atoms with Gasteiger partial charge in [0.25, 0.3) is 0 Å². The number of aromatic nitrogens is 1. The number of nitrogens with zero attached hydrogens (tertiary/aromatic N) is 1. The van der Waals surface area contributed by atoms with E-state index in [1.54, 1.807) is 0 Å². The van der Waals surface area contributed by atoms with Gasteiger partial charge >= 0.3 is 0 Å². The third kappa shape index (κ3) is 1.51. The maximum Gasteiger partial charge on any atom is 0.110 e. The topological polar surface area (TPSA) is 24.9 Å². The molecule has 3 rings (SSSR count). The Kier molecular flexibility index (Phi) is 1.87. The predicted molar refractivity (Wildman–Crippen MR) is 54.1 cm³/mol. The molecule has 0 unspecified atom stereocenters. The van der Waals surface area contributed by atoms with Crippen molar-refractivity contribution in [2.45, 2.75) is 37.6 Å². The van der Waals surface area contributed by atoms with Crippen LogP contribution in [0.25, 0.3) is 0 Å². The number of nitrogens with one attached hydrogen (secondary N) is 1. The Bertz CT molecular complexity index is 298. The molecule has 13 heavy (non-hydrogen) atoms. The van der Waals surface area contributed by atoms with Crippen molar-refractivity contribution in [3.63, 3.8) is 0 Å². The zero-order valence-electron chi connectivity index (χ0n) is 7.62. The maximum atomic E-state index is 4.71. The van der Waals surface area contributed by atoms with Crippen molar-refractivity contribution in [3.05, 3.63) is 16.1 Å². The SMILES string of the molecule is c1sc([C@H]2CCCN2)nc1C1CC1. The molecular formula is C10H14N2S. The molecule has 0 spiro atoms. The Morgan fingerprint density at radius 1 is 1.38 bits per heavy atom. The first-order valence-corrected chi connectivity index (χ1v) is 6.00. The normalized spacial score (nSPS) is 28.2. The highest BCUT2D eigenvalue weighted by atomic mass is 32.1. The van der Waals surface area contributed by atoms with Crippen LogP contribution in [-0.2, 0) is 0 Å². The summed E-state index contributed by atoms with van der Waals surface area (Å²) in [6, 6.07) is 0.567. The summed E-state index contributed by atoms with van der Waals surface area (Å²) in [6.45, 7) is 1.17. The van der Waals surface area contributed by atoms with Gasteiger partial charge in [0.15, 0.2) is 0 Å². The molecule has 2 heterocycles. The summed E-state index contributed by atoms with van der Waals surface area (Å²) in [7, 11) is 0. The van der Waals surface area contributed by atoms with Crippen LogP contribution >= 0.6 is 11.3 Å². The van der Waals surface area contributed by atoms with Crippen LogP contribution in [-0.4, -0.2) is 11.5 Å². The van der Waals surface area contributed by atoms with E-state index < -0.39 is 0 Å². The van der Waals surface area contributed by atoms with Crippen molar-refractivity contribution in [2.75, 3.05) is 6.54 Å². The molecule has 0 bridgehead atoms. The minimum Gasteiger partial charge on any atom is -0.308 e. The molecule has 1 saturated heterocycles. The molecule has 2 aliphatic rings. The third-order valence-corrected chi connectivity index (χ3v) is 3.87. The molecule has 1 aromatic heterocycles. The Morgan fingerprint density at radius 2 is 2.31 bits per heavy atom. The van der Waals surface area contributed by atoms with E-state index in [2.05, 4.69) is 10.7 Å². The molecule has 1 atom stereocenters. The van der Waals surface area contributed by atoms with Crippen molar-refractivity contribution < 1.29 is 0 Å². The molecule has 1 saturated carbocycles. The van der Waals surface area contributed by atoms with Gasteiger partial charge in [-0.1, -0.05) is 0 Å². The van der Waals surface area contributed by atoms with Crippen LogP contribution in [0.5, 0.6) is 0 Å². The van der Waals surface area contributed by atoms with Crippen molar-refractivity contribution in [3.8, 4) is 0 Å². The fraction of sp³-hybridized carbons (Fsp3) is 0.700. The first kappa shape index (κ1) is 7.94. The van der Waals surface area contributed by atoms with Crippen LogP contribution in [0.3, 0.4) is 0 Å². The fourth-order valence-electron chi connectivity index (χ4n) is 1.92. The number of hydrogen-bond acceptors (Lipinski definition) is 3. The summed E-state index contributed by atoms with van der Waals surface area (Å²) in [5.41, 5.74) is 1.36. The molecule has 2 fully saturated rings. The largest absolute Gasteiger partial charge is 0.308 e. The fourth-order valence-corrected chi connectivity index (χ4v) is 2.93. The molecule has 1 aliphatic heterocycles. The van der Waals surface area contributed by atoms with Crippen LogP contribution in [0.15, 0.2) is 5.38 Å². The molecule has 0 radical (unpaired) electrons. The van der Waals surface area contributed by atoms with Crippen LogP contribution in [0, 0.1) is 0 Å². The molecule has 1 aromatic rings. The number of rotatable bonds is 2. The summed E-state index contributed by atoms with van der Waals surface area (Å²) in [6.07, 6.45) is 5.31. The Labute approximate surface area is 82.4 Å². The van der Waals surface area contributed by atoms with E-state index in [1.165, 1.54) is 42.9 Å². The zero-order chi connectivity index (χ0) is 8.67. The van der Waals surface area contributed by atoms with Crippen LogP contribution in [0.2, 0.25) is 0 Å². The van der Waals surface area contributed by atoms with Gasteiger partial charge in [0.05, 0.1) is 11.7 Å². The van der Waals surface area contributed by atoms with Gasteiger partial charge < -0.3 is 5.32 Å². The Morgan fingerprint density at radius 3 is 3.00 bits per heavy atom. The molecule has 2 nitrogen and oxygen atoms in total. The first-order valence-electron chi connectivity index (χ1n) is 5.12. The minimum atomic E-state index is 0.567. The Balaban J connectivity index is 1.79. The lowest BCUT2D eigenvalue weighted by Gasteiger charge is -2.04. The summed E-state index contributed by atoms with van der Waals surface area (Å²) in [4.78, 5) is 4.71. The van der Waals surface area contributed by atoms with Gasteiger partial charge in [-0.3, -0.25) is 0 Å². The highest BCUT2D eigenvalue weighted by Gasteiger charge is 2.27. The maximum absolute atomic E-state index is 4.71. The van der Waals surface area contributed by atoms with Crippen molar-refractivity contribution in [1.82, 2.24) is 10.3 Å². The standard InChI is InChI=1S/C10H14N2S/c1-2-8(11-5-1)10-12-9(6-13-10)7-3-4-7/h6-8,11H,1-5H2/t8-/m1/s1. The van der Waals surface area contributed by atoms with Gasteiger partial charge in [-0.25, -0.2) is 4.98 Å². The van der Waals surface area contributed by atoms with Gasteiger partial charge in [0, 0.05) is 11.3 Å². The lowest BCUT2D eigenvalue weighted by atomic mass is 10.2. The lowest BCUT2D eigenvalue weighted by molar-refractivity contribution is 0.640. The summed E-state index contributed by atoms with van der Waals surface area (Å²) in [5.74, 6) is 0.811. The van der Waals surface area contributed by atoms with E-state index in [9.17, 15) is 0 Å². The second kappa shape index (κ2) is 3.07. The van der Waals surface area contributed by atoms with E-state index in [-0.39, 0.29) is 0 Å². The van der Waals surface area contributed by atoms with Gasteiger partial charge in [0.2, 0.25) is 0 Å². The molecular weight excluding hydrogens is 180 g/mol. The van der Waals surface area contributed by atoms with Crippen LogP contribution in [0.1, 0.15) is 48.3 Å². The van der Waals surface area contributed by atoms with Gasteiger partial charge in [-0.2, -0.15) is 0 Å². The second-order valence-electron chi connectivity index (χ2n) is 4.03. The number of thiazole rings is 1. The lowest BCUT2D eigenvalue weighted by Crippen LogP contribution is -2.12. The van der Waals surface area contributed by atoms with Gasteiger partial charge in [0.1, 0.15) is 5.01 Å². The third-order valence-electron chi connectivity index (χ3n) is 2.89. The minimum absolute atomic E-state index is 0.567. The van der Waals surface area contributed by atoms with E-state index in [0.717, 1.165) is 5.92 Å². The van der Waals surface area contributed by atoms with E-state index in [0.29, 0.717) is 6.04 Å². The molecule has 0 amide bonds. The molecule has 1 aliphatic carbocycles. The van der Waals surface area contributed by atoms with Crippen molar-refractivity contribution >= 4 is 11.3 Å². The van der Waals surface area contributed by atoms with Crippen molar-refractivity contribution in [2.24, 2.45) is 0 Å². The molecule has 1 N–H and O–H groups in total. The highest BCUT2D eigenvalue weighted by Crippen LogP contribution is 2.41. The highest BCUT2D eigenvalue weighted by molar-refractivity contribution is 7.09. The molecule has 70 valence electrons. The van der Waals surface area contributed by atoms with E-state index in [4.69, 9.17) is 4.98 Å². The summed E-state index contributed by atoms with van der Waals surface area (Å²) in [5, 5.41) is 7.07. The average Bonchev–Trinajstić information content (AvgIpc) is 2.72. The molecule has 0 aromatic carbocycles. The van der Waals surface area contributed by atoms with Crippen LogP contribution in [0.4, 0.5) is 0 Å².